The van der Waals surface area contributed by atoms with E-state index in [2.05, 4.69) is 4.98 Å². The first-order valence-corrected chi connectivity index (χ1v) is 7.14. The highest BCUT2D eigenvalue weighted by molar-refractivity contribution is 6.34. The Bertz CT molecular complexity index is 543. The molecule has 5 heteroatoms. The molecule has 2 N–H and O–H groups in total. The number of rotatable bonds is 5. The zero-order valence-corrected chi connectivity index (χ0v) is 12.6. The molecule has 0 fully saturated rings. The van der Waals surface area contributed by atoms with Gasteiger partial charge < -0.3 is 10.5 Å². The lowest BCUT2D eigenvalue weighted by Gasteiger charge is -2.24. The monoisotopic (exact) mass is 310 g/mol. The fraction of sp³-hybridized carbons (Fsp3) is 0.267. The van der Waals surface area contributed by atoms with E-state index in [1.165, 1.54) is 0 Å². The lowest BCUT2D eigenvalue weighted by Crippen LogP contribution is -2.31. The minimum atomic E-state index is -0.266. The molecule has 3 nitrogen and oxygen atoms in total. The predicted molar refractivity (Wildman–Crippen MR) is 82.3 cm³/mol. The third-order valence-corrected chi connectivity index (χ3v) is 3.43. The molecule has 0 saturated carbocycles. The van der Waals surface area contributed by atoms with Crippen LogP contribution in [0.2, 0.25) is 10.0 Å². The van der Waals surface area contributed by atoms with Gasteiger partial charge in [0.15, 0.2) is 0 Å². The van der Waals surface area contributed by atoms with Crippen molar-refractivity contribution in [2.24, 2.45) is 5.73 Å². The Labute approximate surface area is 128 Å². The van der Waals surface area contributed by atoms with Gasteiger partial charge in [0, 0.05) is 28.5 Å². The van der Waals surface area contributed by atoms with Crippen molar-refractivity contribution in [3.05, 3.63) is 58.3 Å². The molecule has 2 atom stereocenters. The van der Waals surface area contributed by atoms with Gasteiger partial charge >= 0.3 is 0 Å². The summed E-state index contributed by atoms with van der Waals surface area (Å²) < 4.78 is 5.99. The molecule has 0 aliphatic heterocycles. The van der Waals surface area contributed by atoms with E-state index in [1.54, 1.807) is 30.6 Å². The Morgan fingerprint density at radius 2 is 1.75 bits per heavy atom. The lowest BCUT2D eigenvalue weighted by molar-refractivity contribution is 0.171. The molecule has 0 bridgehead atoms. The van der Waals surface area contributed by atoms with Crippen molar-refractivity contribution in [1.29, 1.82) is 0 Å². The second kappa shape index (κ2) is 6.93. The van der Waals surface area contributed by atoms with Gasteiger partial charge in [-0.05, 0) is 42.3 Å². The largest absolute Gasteiger partial charge is 0.484 e. The zero-order chi connectivity index (χ0) is 14.5. The number of aromatic nitrogens is 1. The first kappa shape index (κ1) is 15.1. The summed E-state index contributed by atoms with van der Waals surface area (Å²) in [5.41, 5.74) is 7.14. The lowest BCUT2D eigenvalue weighted by atomic mass is 10.0. The highest BCUT2D eigenvalue weighted by Gasteiger charge is 2.20. The van der Waals surface area contributed by atoms with E-state index in [0.717, 1.165) is 12.0 Å². The van der Waals surface area contributed by atoms with Crippen LogP contribution in [0.3, 0.4) is 0 Å². The average Bonchev–Trinajstić information content (AvgIpc) is 2.44. The standard InChI is InChI=1S/C15H16Cl2N2O/c1-2-14(18)15(10-3-5-19-6-4-10)20-13-8-11(16)7-12(17)9-13/h3-9,14-15H,2,18H2,1H3. The number of ether oxygens (including phenoxy) is 1. The number of halogens is 2. The first-order chi connectivity index (χ1) is 9.60. The molecule has 1 aromatic carbocycles. The van der Waals surface area contributed by atoms with Gasteiger partial charge in [-0.25, -0.2) is 0 Å². The van der Waals surface area contributed by atoms with Crippen molar-refractivity contribution >= 4 is 23.2 Å². The van der Waals surface area contributed by atoms with Gasteiger partial charge in [-0.1, -0.05) is 30.1 Å². The second-order valence-electron chi connectivity index (χ2n) is 4.50. The van der Waals surface area contributed by atoms with Gasteiger partial charge in [0.1, 0.15) is 11.9 Å². The van der Waals surface area contributed by atoms with Crippen molar-refractivity contribution in [2.45, 2.75) is 25.5 Å². The summed E-state index contributed by atoms with van der Waals surface area (Å²) in [5, 5.41) is 1.07. The summed E-state index contributed by atoms with van der Waals surface area (Å²) in [6.45, 7) is 2.02. The van der Waals surface area contributed by atoms with E-state index in [4.69, 9.17) is 33.7 Å². The molecule has 1 aromatic heterocycles. The Morgan fingerprint density at radius 1 is 1.15 bits per heavy atom. The zero-order valence-electron chi connectivity index (χ0n) is 11.1. The summed E-state index contributed by atoms with van der Waals surface area (Å²) in [4.78, 5) is 4.01. The van der Waals surface area contributed by atoms with Crippen molar-refractivity contribution in [3.63, 3.8) is 0 Å². The van der Waals surface area contributed by atoms with Crippen LogP contribution in [0.5, 0.6) is 5.75 Å². The van der Waals surface area contributed by atoms with E-state index in [0.29, 0.717) is 15.8 Å². The van der Waals surface area contributed by atoms with Crippen LogP contribution < -0.4 is 10.5 Å². The third-order valence-electron chi connectivity index (χ3n) is 2.99. The molecular weight excluding hydrogens is 295 g/mol. The molecule has 2 aromatic rings. The summed E-state index contributed by atoms with van der Waals surface area (Å²) in [6.07, 6.45) is 3.97. The smallest absolute Gasteiger partial charge is 0.139 e. The van der Waals surface area contributed by atoms with E-state index in [9.17, 15) is 0 Å². The van der Waals surface area contributed by atoms with E-state index >= 15 is 0 Å². The van der Waals surface area contributed by atoms with E-state index < -0.39 is 0 Å². The molecule has 0 radical (unpaired) electrons. The average molecular weight is 311 g/mol. The van der Waals surface area contributed by atoms with Crippen molar-refractivity contribution < 1.29 is 4.74 Å². The van der Waals surface area contributed by atoms with E-state index in [1.807, 2.05) is 19.1 Å². The van der Waals surface area contributed by atoms with Crippen LogP contribution in [0.15, 0.2) is 42.7 Å². The molecule has 106 valence electrons. The van der Waals surface area contributed by atoms with Gasteiger partial charge in [0.2, 0.25) is 0 Å². The van der Waals surface area contributed by atoms with Crippen LogP contribution in [0, 0.1) is 0 Å². The van der Waals surface area contributed by atoms with Crippen molar-refractivity contribution in [3.8, 4) is 5.75 Å². The number of pyridine rings is 1. The molecule has 1 heterocycles. The molecule has 2 rings (SSSR count). The van der Waals surface area contributed by atoms with E-state index in [-0.39, 0.29) is 12.1 Å². The molecule has 0 aliphatic rings. The highest BCUT2D eigenvalue weighted by Crippen LogP contribution is 2.29. The fourth-order valence-corrected chi connectivity index (χ4v) is 2.42. The maximum absolute atomic E-state index is 6.16. The Kier molecular flexibility index (Phi) is 5.24. The fourth-order valence-electron chi connectivity index (χ4n) is 1.91. The maximum atomic E-state index is 6.16. The normalized spacial score (nSPS) is 13.8. The third kappa shape index (κ3) is 3.85. The van der Waals surface area contributed by atoms with Crippen LogP contribution in [0.4, 0.5) is 0 Å². The first-order valence-electron chi connectivity index (χ1n) is 6.38. The van der Waals surface area contributed by atoms with Gasteiger partial charge in [-0.2, -0.15) is 0 Å². The quantitative estimate of drug-likeness (QED) is 0.898. The minimum absolute atomic E-state index is 0.129. The Hall–Kier alpha value is -1.29. The topological polar surface area (TPSA) is 48.1 Å². The molecule has 2 unspecified atom stereocenters. The highest BCUT2D eigenvalue weighted by atomic mass is 35.5. The van der Waals surface area contributed by atoms with Crippen LogP contribution in [0.1, 0.15) is 25.0 Å². The van der Waals surface area contributed by atoms with Gasteiger partial charge in [0.05, 0.1) is 0 Å². The SMILES string of the molecule is CCC(N)C(Oc1cc(Cl)cc(Cl)c1)c1ccncc1. The molecule has 0 saturated heterocycles. The summed E-state index contributed by atoms with van der Waals surface area (Å²) in [5.74, 6) is 0.605. The predicted octanol–water partition coefficient (Wildman–Crippen LogP) is 4.25. The van der Waals surface area contributed by atoms with Gasteiger partial charge in [0.25, 0.3) is 0 Å². The van der Waals surface area contributed by atoms with Crippen molar-refractivity contribution in [1.82, 2.24) is 4.98 Å². The molecule has 20 heavy (non-hydrogen) atoms. The van der Waals surface area contributed by atoms with Crippen LogP contribution in [-0.2, 0) is 0 Å². The molecule has 0 spiro atoms. The number of nitrogens with zero attached hydrogens (tertiary/aromatic N) is 1. The molecule has 0 aliphatic carbocycles. The second-order valence-corrected chi connectivity index (χ2v) is 5.37. The molecular formula is C15H16Cl2N2O. The summed E-state index contributed by atoms with van der Waals surface area (Å²) >= 11 is 12.0. The van der Waals surface area contributed by atoms with Gasteiger partial charge in [-0.3, -0.25) is 4.98 Å². The summed E-state index contributed by atoms with van der Waals surface area (Å²) in [6, 6.07) is 8.78. The number of hydrogen-bond donors (Lipinski definition) is 1. The Morgan fingerprint density at radius 3 is 2.30 bits per heavy atom. The number of hydrogen-bond acceptors (Lipinski definition) is 3. The van der Waals surface area contributed by atoms with Gasteiger partial charge in [-0.15, -0.1) is 0 Å². The summed E-state index contributed by atoms with van der Waals surface area (Å²) in [7, 11) is 0. The molecule has 0 amide bonds. The Balaban J connectivity index is 2.28. The number of benzene rings is 1. The van der Waals surface area contributed by atoms with Crippen LogP contribution in [-0.4, -0.2) is 11.0 Å². The maximum Gasteiger partial charge on any atom is 0.139 e. The van der Waals surface area contributed by atoms with Crippen LogP contribution in [0.25, 0.3) is 0 Å². The van der Waals surface area contributed by atoms with Crippen molar-refractivity contribution in [2.75, 3.05) is 0 Å². The number of nitrogens with two attached hydrogens (primary N) is 1. The minimum Gasteiger partial charge on any atom is -0.484 e. The van der Waals surface area contributed by atoms with Crippen LogP contribution >= 0.6 is 23.2 Å².